The van der Waals surface area contributed by atoms with E-state index in [1.807, 2.05) is 9.80 Å². The van der Waals surface area contributed by atoms with Gasteiger partial charge in [0.1, 0.15) is 25.5 Å². The van der Waals surface area contributed by atoms with Gasteiger partial charge in [-0.1, -0.05) is 12.1 Å². The van der Waals surface area contributed by atoms with Crippen LogP contribution in [-0.2, 0) is 25.7 Å². The van der Waals surface area contributed by atoms with E-state index in [2.05, 4.69) is 0 Å². The van der Waals surface area contributed by atoms with Gasteiger partial charge in [0.2, 0.25) is 5.91 Å². The predicted molar refractivity (Wildman–Crippen MR) is 110 cm³/mol. The quantitative estimate of drug-likeness (QED) is 0.375. The first kappa shape index (κ1) is 22.0. The number of halogens is 1. The summed E-state index contributed by atoms with van der Waals surface area (Å²) in [6, 6.07) is 5.07. The number of esters is 1. The van der Waals surface area contributed by atoms with Crippen molar-refractivity contribution in [2.75, 3.05) is 44.8 Å². The smallest absolute Gasteiger partial charge is 0.313 e. The lowest BCUT2D eigenvalue weighted by Gasteiger charge is -2.47. The molecule has 0 bridgehead atoms. The number of methoxy groups -OCH3 is 1. The Bertz CT molecular complexity index is 789. The van der Waals surface area contributed by atoms with E-state index in [-0.39, 0.29) is 37.2 Å². The van der Waals surface area contributed by atoms with Crippen molar-refractivity contribution in [1.82, 2.24) is 4.90 Å². The summed E-state index contributed by atoms with van der Waals surface area (Å²) >= 11 is 0. The fourth-order valence-electron chi connectivity index (χ4n) is 4.13. The van der Waals surface area contributed by atoms with E-state index in [4.69, 9.17) is 20.6 Å². The molecule has 0 atom stereocenters. The number of nitrogens with two attached hydrogens (primary N) is 1. The van der Waals surface area contributed by atoms with Gasteiger partial charge in [0.15, 0.2) is 5.82 Å². The number of piperidine rings is 1. The SMILES string of the molecule is COCC(=O)N1CCC(C2CN(c3cccc(COC(=O)CC(=N)N)c3F)C2)CC1. The number of amides is 1. The number of anilines is 1. The van der Waals surface area contributed by atoms with Gasteiger partial charge in [-0.15, -0.1) is 0 Å². The van der Waals surface area contributed by atoms with E-state index in [0.717, 1.165) is 39.0 Å². The lowest BCUT2D eigenvalue weighted by molar-refractivity contribution is -0.143. The van der Waals surface area contributed by atoms with Crippen LogP contribution in [0.4, 0.5) is 10.1 Å². The third-order valence-corrected chi connectivity index (χ3v) is 5.86. The Hall–Kier alpha value is -2.68. The number of benzene rings is 1. The van der Waals surface area contributed by atoms with Crippen LogP contribution in [0.2, 0.25) is 0 Å². The first-order valence-corrected chi connectivity index (χ1v) is 10.2. The standard InChI is InChI=1S/C21H29FN4O4/c1-29-13-19(27)25-7-5-14(6-8-25)16-10-26(11-16)17-4-2-3-15(21(17)22)12-30-20(28)9-18(23)24/h2-4,14,16H,5-13H2,1H3,(H3,23,24). The molecule has 0 radical (unpaired) electrons. The van der Waals surface area contributed by atoms with Crippen molar-refractivity contribution < 1.29 is 23.5 Å². The van der Waals surface area contributed by atoms with E-state index in [9.17, 15) is 14.0 Å². The number of carbonyl (C=O) groups is 2. The molecule has 3 N–H and O–H groups in total. The van der Waals surface area contributed by atoms with Crippen LogP contribution >= 0.6 is 0 Å². The average molecular weight is 420 g/mol. The molecule has 2 aliphatic rings. The molecule has 2 fully saturated rings. The molecule has 30 heavy (non-hydrogen) atoms. The molecular formula is C21H29FN4O4. The second-order valence-corrected chi connectivity index (χ2v) is 7.93. The molecule has 0 saturated carbocycles. The average Bonchev–Trinajstić information content (AvgIpc) is 2.67. The van der Waals surface area contributed by atoms with Crippen LogP contribution in [0, 0.1) is 23.1 Å². The predicted octanol–water partition coefficient (Wildman–Crippen LogP) is 1.52. The van der Waals surface area contributed by atoms with Crippen LogP contribution in [0.15, 0.2) is 18.2 Å². The van der Waals surface area contributed by atoms with Crippen LogP contribution in [-0.4, -0.2) is 62.5 Å². The molecule has 3 rings (SSSR count). The Kier molecular flexibility index (Phi) is 7.25. The van der Waals surface area contributed by atoms with Crippen molar-refractivity contribution in [3.63, 3.8) is 0 Å². The first-order valence-electron chi connectivity index (χ1n) is 10.2. The summed E-state index contributed by atoms with van der Waals surface area (Å²) in [5.74, 6) is -0.255. The largest absolute Gasteiger partial charge is 0.460 e. The highest BCUT2D eigenvalue weighted by molar-refractivity contribution is 5.94. The summed E-state index contributed by atoms with van der Waals surface area (Å²) in [6.07, 6.45) is 1.62. The molecule has 0 aromatic heterocycles. The van der Waals surface area contributed by atoms with Gasteiger partial charge in [-0.25, -0.2) is 4.39 Å². The summed E-state index contributed by atoms with van der Waals surface area (Å²) < 4.78 is 24.8. The molecule has 2 heterocycles. The number of likely N-dealkylation sites (tertiary alicyclic amines) is 1. The van der Waals surface area contributed by atoms with Gasteiger partial charge in [-0.3, -0.25) is 15.0 Å². The zero-order valence-electron chi connectivity index (χ0n) is 17.2. The van der Waals surface area contributed by atoms with Crippen molar-refractivity contribution in [2.45, 2.75) is 25.9 Å². The van der Waals surface area contributed by atoms with Gasteiger partial charge in [0.05, 0.1) is 5.69 Å². The first-order chi connectivity index (χ1) is 14.4. The van der Waals surface area contributed by atoms with Gasteiger partial charge >= 0.3 is 5.97 Å². The Balaban J connectivity index is 1.49. The van der Waals surface area contributed by atoms with E-state index in [1.54, 1.807) is 18.2 Å². The molecular weight excluding hydrogens is 391 g/mol. The molecule has 2 saturated heterocycles. The Morgan fingerprint density at radius 3 is 2.57 bits per heavy atom. The van der Waals surface area contributed by atoms with Crippen molar-refractivity contribution in [2.24, 2.45) is 17.6 Å². The summed E-state index contributed by atoms with van der Waals surface area (Å²) in [5, 5.41) is 7.10. The monoisotopic (exact) mass is 420 g/mol. The zero-order valence-corrected chi connectivity index (χ0v) is 17.2. The lowest BCUT2D eigenvalue weighted by Crippen LogP contribution is -2.53. The van der Waals surface area contributed by atoms with Crippen LogP contribution in [0.25, 0.3) is 0 Å². The molecule has 9 heteroatoms. The number of carbonyl (C=O) groups excluding carboxylic acids is 2. The Morgan fingerprint density at radius 1 is 1.23 bits per heavy atom. The normalized spacial score (nSPS) is 17.5. The molecule has 164 valence electrons. The minimum atomic E-state index is -0.647. The maximum Gasteiger partial charge on any atom is 0.313 e. The molecule has 2 aliphatic heterocycles. The van der Waals surface area contributed by atoms with Crippen LogP contribution in [0.5, 0.6) is 0 Å². The Morgan fingerprint density at radius 2 is 1.93 bits per heavy atom. The Labute approximate surface area is 175 Å². The number of rotatable bonds is 8. The summed E-state index contributed by atoms with van der Waals surface area (Å²) in [5.41, 5.74) is 5.99. The van der Waals surface area contributed by atoms with E-state index in [1.165, 1.54) is 7.11 Å². The summed E-state index contributed by atoms with van der Waals surface area (Å²) in [7, 11) is 1.53. The highest BCUT2D eigenvalue weighted by atomic mass is 19.1. The number of hydrogen-bond donors (Lipinski definition) is 2. The molecule has 1 aromatic carbocycles. The van der Waals surface area contributed by atoms with E-state index >= 15 is 0 Å². The molecule has 1 aromatic rings. The minimum Gasteiger partial charge on any atom is -0.460 e. The van der Waals surface area contributed by atoms with Gasteiger partial charge in [-0.2, -0.15) is 0 Å². The van der Waals surface area contributed by atoms with Crippen LogP contribution in [0.1, 0.15) is 24.8 Å². The zero-order chi connectivity index (χ0) is 21.7. The molecule has 8 nitrogen and oxygen atoms in total. The van der Waals surface area contributed by atoms with Gasteiger partial charge in [0, 0.05) is 38.9 Å². The topological polar surface area (TPSA) is 109 Å². The number of nitrogens with one attached hydrogen (secondary N) is 1. The fourth-order valence-corrected chi connectivity index (χ4v) is 4.13. The van der Waals surface area contributed by atoms with Gasteiger partial charge in [-0.05, 0) is 30.7 Å². The number of amidine groups is 1. The molecule has 0 aliphatic carbocycles. The molecule has 0 unspecified atom stereocenters. The second kappa shape index (κ2) is 9.88. The summed E-state index contributed by atoms with van der Waals surface area (Å²) in [6.45, 7) is 3.00. The van der Waals surface area contributed by atoms with Crippen LogP contribution < -0.4 is 10.6 Å². The fraction of sp³-hybridized carbons (Fsp3) is 0.571. The third-order valence-electron chi connectivity index (χ3n) is 5.86. The number of ether oxygens (including phenoxy) is 2. The van der Waals surface area contributed by atoms with E-state index in [0.29, 0.717) is 23.1 Å². The molecule has 1 amide bonds. The lowest BCUT2D eigenvalue weighted by atomic mass is 9.79. The summed E-state index contributed by atoms with van der Waals surface area (Å²) in [4.78, 5) is 27.3. The second-order valence-electron chi connectivity index (χ2n) is 7.93. The third kappa shape index (κ3) is 5.27. The van der Waals surface area contributed by atoms with Crippen molar-refractivity contribution in [3.05, 3.63) is 29.6 Å². The van der Waals surface area contributed by atoms with Crippen molar-refractivity contribution >= 4 is 23.4 Å². The van der Waals surface area contributed by atoms with Crippen molar-refractivity contribution in [1.29, 1.82) is 5.41 Å². The van der Waals surface area contributed by atoms with Crippen molar-refractivity contribution in [3.8, 4) is 0 Å². The van der Waals surface area contributed by atoms with Crippen LogP contribution in [0.3, 0.4) is 0 Å². The minimum absolute atomic E-state index is 0.0362. The van der Waals surface area contributed by atoms with Gasteiger partial charge < -0.3 is 25.0 Å². The maximum absolute atomic E-state index is 14.9. The highest BCUT2D eigenvalue weighted by Crippen LogP contribution is 2.36. The molecule has 0 spiro atoms. The highest BCUT2D eigenvalue weighted by Gasteiger charge is 2.37. The number of hydrogen-bond acceptors (Lipinski definition) is 6. The number of nitrogens with zero attached hydrogens (tertiary/aromatic N) is 2. The maximum atomic E-state index is 14.9. The van der Waals surface area contributed by atoms with E-state index < -0.39 is 5.97 Å². The van der Waals surface area contributed by atoms with Gasteiger partial charge in [0.25, 0.3) is 0 Å².